The van der Waals surface area contributed by atoms with E-state index in [0.717, 1.165) is 25.8 Å². The van der Waals surface area contributed by atoms with E-state index >= 15 is 0 Å². The lowest BCUT2D eigenvalue weighted by Crippen LogP contribution is -2.54. The number of aromatic nitrogens is 1. The van der Waals surface area contributed by atoms with E-state index in [9.17, 15) is 9.59 Å². The molecule has 2 bridgehead atoms. The number of anilines is 1. The molecule has 27 heavy (non-hydrogen) atoms. The van der Waals surface area contributed by atoms with Crippen LogP contribution in [0, 0.1) is 22.7 Å². The van der Waals surface area contributed by atoms with Gasteiger partial charge < -0.3 is 15.5 Å². The van der Waals surface area contributed by atoms with Gasteiger partial charge in [0.2, 0.25) is 5.91 Å². The molecule has 0 spiro atoms. The summed E-state index contributed by atoms with van der Waals surface area (Å²) in [5.41, 5.74) is 0.452. The van der Waals surface area contributed by atoms with Gasteiger partial charge in [-0.1, -0.05) is 20.8 Å². The summed E-state index contributed by atoms with van der Waals surface area (Å²) in [7, 11) is 0. The number of likely N-dealkylation sites (tertiary alicyclic amines) is 1. The number of carbonyl (C=O) groups is 2. The van der Waals surface area contributed by atoms with Crippen LogP contribution in [0.1, 0.15) is 52.9 Å². The van der Waals surface area contributed by atoms with Crippen LogP contribution in [0.15, 0.2) is 11.6 Å². The van der Waals surface area contributed by atoms with E-state index in [0.29, 0.717) is 17.6 Å². The summed E-state index contributed by atoms with van der Waals surface area (Å²) in [5.74, 6) is 0.502. The highest BCUT2D eigenvalue weighted by atomic mass is 32.1. The van der Waals surface area contributed by atoms with Crippen LogP contribution in [0.3, 0.4) is 0 Å². The van der Waals surface area contributed by atoms with E-state index in [1.807, 2.05) is 10.3 Å². The van der Waals surface area contributed by atoms with Crippen LogP contribution in [0.4, 0.5) is 9.93 Å². The molecule has 3 amide bonds. The predicted octanol–water partition coefficient (Wildman–Crippen LogP) is 3.72. The van der Waals surface area contributed by atoms with E-state index in [1.54, 1.807) is 6.20 Å². The SMILES string of the molecule is CC1(C)[C@H]2CC[C@@]1(C)[C@H](NC(=O)N1CCC[C@H](C(=O)Nc3nccs3)C1)C2. The van der Waals surface area contributed by atoms with E-state index in [-0.39, 0.29) is 34.7 Å². The molecule has 1 aromatic rings. The Balaban J connectivity index is 1.36. The molecule has 4 rings (SSSR count). The Morgan fingerprint density at radius 2 is 2.11 bits per heavy atom. The number of thiazole rings is 1. The zero-order chi connectivity index (χ0) is 19.2. The molecule has 2 saturated carbocycles. The third-order valence-corrected chi connectivity index (χ3v) is 8.52. The lowest BCUT2D eigenvalue weighted by atomic mass is 9.69. The molecular formula is C20H30N4O2S. The highest BCUT2D eigenvalue weighted by molar-refractivity contribution is 7.13. The number of rotatable bonds is 3. The fraction of sp³-hybridized carbons (Fsp3) is 0.750. The van der Waals surface area contributed by atoms with Crippen LogP contribution in [0.2, 0.25) is 0 Å². The first-order valence-corrected chi connectivity index (χ1v) is 10.9. The van der Waals surface area contributed by atoms with Crippen molar-refractivity contribution in [3.05, 3.63) is 11.6 Å². The number of piperidine rings is 1. The number of fused-ring (bicyclic) bond motifs is 2. The van der Waals surface area contributed by atoms with Gasteiger partial charge in [0.05, 0.1) is 5.92 Å². The molecule has 1 aliphatic heterocycles. The second-order valence-corrected chi connectivity index (χ2v) is 10.1. The van der Waals surface area contributed by atoms with Crippen molar-refractivity contribution in [1.29, 1.82) is 0 Å². The number of hydrogen-bond donors (Lipinski definition) is 2. The predicted molar refractivity (Wildman–Crippen MR) is 107 cm³/mol. The normalized spacial score (nSPS) is 34.5. The van der Waals surface area contributed by atoms with Gasteiger partial charge in [-0.3, -0.25) is 4.79 Å². The molecule has 2 aliphatic carbocycles. The van der Waals surface area contributed by atoms with Gasteiger partial charge in [0.1, 0.15) is 0 Å². The summed E-state index contributed by atoms with van der Waals surface area (Å²) in [6.07, 6.45) is 6.90. The summed E-state index contributed by atoms with van der Waals surface area (Å²) in [4.78, 5) is 31.4. The van der Waals surface area contributed by atoms with Crippen LogP contribution in [-0.2, 0) is 4.79 Å². The van der Waals surface area contributed by atoms with Crippen molar-refractivity contribution in [3.63, 3.8) is 0 Å². The molecule has 1 aromatic heterocycles. The van der Waals surface area contributed by atoms with Crippen LogP contribution < -0.4 is 10.6 Å². The Kier molecular flexibility index (Phi) is 4.69. The topological polar surface area (TPSA) is 74.3 Å². The van der Waals surface area contributed by atoms with E-state index < -0.39 is 0 Å². The summed E-state index contributed by atoms with van der Waals surface area (Å²) >= 11 is 1.41. The van der Waals surface area contributed by atoms with Crippen LogP contribution in [0.25, 0.3) is 0 Å². The first-order chi connectivity index (χ1) is 12.8. The maximum atomic E-state index is 12.9. The molecule has 3 aliphatic rings. The van der Waals surface area contributed by atoms with Crippen molar-refractivity contribution in [1.82, 2.24) is 15.2 Å². The number of hydrogen-bond acceptors (Lipinski definition) is 4. The Bertz CT molecular complexity index is 720. The Labute approximate surface area is 165 Å². The summed E-state index contributed by atoms with van der Waals surface area (Å²) in [5, 5.41) is 8.66. The van der Waals surface area contributed by atoms with Crippen molar-refractivity contribution in [2.45, 2.75) is 58.9 Å². The maximum Gasteiger partial charge on any atom is 0.317 e. The van der Waals surface area contributed by atoms with Crippen molar-refractivity contribution < 1.29 is 9.59 Å². The molecule has 0 radical (unpaired) electrons. The third kappa shape index (κ3) is 3.13. The van der Waals surface area contributed by atoms with Crippen molar-refractivity contribution in [3.8, 4) is 0 Å². The van der Waals surface area contributed by atoms with Gasteiger partial charge in [-0.25, -0.2) is 9.78 Å². The van der Waals surface area contributed by atoms with Crippen molar-refractivity contribution in [2.75, 3.05) is 18.4 Å². The summed E-state index contributed by atoms with van der Waals surface area (Å²) in [6, 6.07) is 0.236. The fourth-order valence-electron chi connectivity index (χ4n) is 5.53. The lowest BCUT2D eigenvalue weighted by molar-refractivity contribution is -0.121. The summed E-state index contributed by atoms with van der Waals surface area (Å²) in [6.45, 7) is 8.27. The van der Waals surface area contributed by atoms with Gasteiger partial charge in [0.15, 0.2) is 5.13 Å². The largest absolute Gasteiger partial charge is 0.335 e. The number of nitrogens with zero attached hydrogens (tertiary/aromatic N) is 2. The monoisotopic (exact) mass is 390 g/mol. The van der Waals surface area contributed by atoms with Crippen LogP contribution >= 0.6 is 11.3 Å². The van der Waals surface area contributed by atoms with Gasteiger partial charge in [-0.15, -0.1) is 11.3 Å². The highest BCUT2D eigenvalue weighted by Crippen LogP contribution is 2.65. The van der Waals surface area contributed by atoms with Gasteiger partial charge in [-0.2, -0.15) is 0 Å². The number of carbonyl (C=O) groups excluding carboxylic acids is 2. The number of nitrogens with one attached hydrogen (secondary N) is 2. The standard InChI is InChI=1S/C20H30N4O2S/c1-19(2)14-6-7-20(19,3)15(11-14)22-18(26)24-9-4-5-13(12-24)16(25)23-17-21-8-10-27-17/h8,10,13-15H,4-7,9,11-12H2,1-3H3,(H,22,26)(H,21,23,25)/t13-,14-,15+,20-/m0/s1. The molecule has 6 nitrogen and oxygen atoms in total. The third-order valence-electron chi connectivity index (χ3n) is 7.83. The Hall–Kier alpha value is -1.63. The summed E-state index contributed by atoms with van der Waals surface area (Å²) < 4.78 is 0. The second-order valence-electron chi connectivity index (χ2n) is 9.22. The van der Waals surface area contributed by atoms with Crippen molar-refractivity contribution >= 4 is 28.4 Å². The quantitative estimate of drug-likeness (QED) is 0.826. The van der Waals surface area contributed by atoms with E-state index in [2.05, 4.69) is 36.4 Å². The highest BCUT2D eigenvalue weighted by Gasteiger charge is 2.61. The molecule has 0 unspecified atom stereocenters. The lowest BCUT2D eigenvalue weighted by Gasteiger charge is -2.41. The first-order valence-electron chi connectivity index (χ1n) is 10.1. The molecule has 4 atom stereocenters. The van der Waals surface area contributed by atoms with Gasteiger partial charge in [0.25, 0.3) is 0 Å². The molecule has 1 saturated heterocycles. The maximum absolute atomic E-state index is 12.9. The minimum atomic E-state index is -0.166. The zero-order valence-electron chi connectivity index (χ0n) is 16.5. The molecule has 2 N–H and O–H groups in total. The van der Waals surface area contributed by atoms with Crippen molar-refractivity contribution in [2.24, 2.45) is 22.7 Å². The van der Waals surface area contributed by atoms with Crippen LogP contribution in [0.5, 0.6) is 0 Å². The minimum absolute atomic E-state index is 0.00340. The van der Waals surface area contributed by atoms with Gasteiger partial charge in [-0.05, 0) is 48.9 Å². The molecule has 148 valence electrons. The minimum Gasteiger partial charge on any atom is -0.335 e. The average molecular weight is 391 g/mol. The molecule has 7 heteroatoms. The number of urea groups is 1. The Morgan fingerprint density at radius 1 is 1.30 bits per heavy atom. The van der Waals surface area contributed by atoms with Gasteiger partial charge in [0, 0.05) is 30.7 Å². The molecule has 3 fully saturated rings. The van der Waals surface area contributed by atoms with Gasteiger partial charge >= 0.3 is 6.03 Å². The zero-order valence-corrected chi connectivity index (χ0v) is 17.3. The molecular weight excluding hydrogens is 360 g/mol. The fourth-order valence-corrected chi connectivity index (χ4v) is 6.06. The van der Waals surface area contributed by atoms with E-state index in [1.165, 1.54) is 24.2 Å². The Morgan fingerprint density at radius 3 is 2.74 bits per heavy atom. The average Bonchev–Trinajstić information content (AvgIpc) is 3.28. The molecule has 2 heterocycles. The number of amides is 3. The first kappa shape index (κ1) is 18.7. The molecule has 0 aromatic carbocycles. The smallest absolute Gasteiger partial charge is 0.317 e. The van der Waals surface area contributed by atoms with Crippen LogP contribution in [-0.4, -0.2) is 41.0 Å². The van der Waals surface area contributed by atoms with E-state index in [4.69, 9.17) is 0 Å². The second kappa shape index (κ2) is 6.76.